The van der Waals surface area contributed by atoms with Crippen LogP contribution in [0.25, 0.3) is 11.1 Å². The first-order valence-corrected chi connectivity index (χ1v) is 9.25. The van der Waals surface area contributed by atoms with E-state index in [1.807, 2.05) is 54.6 Å². The molecule has 3 aromatic rings. The molecule has 0 aliphatic carbocycles. The molecule has 0 aliphatic heterocycles. The Bertz CT molecular complexity index is 1020. The Morgan fingerprint density at radius 2 is 1.72 bits per heavy atom. The monoisotopic (exact) mass is 394 g/mol. The van der Waals surface area contributed by atoms with Crippen molar-refractivity contribution in [2.24, 2.45) is 5.92 Å². The zero-order chi connectivity index (χ0) is 20.8. The molecule has 29 heavy (non-hydrogen) atoms. The predicted molar refractivity (Wildman–Crippen MR) is 107 cm³/mol. The van der Waals surface area contributed by atoms with Crippen LogP contribution in [0.4, 0.5) is 0 Å². The third-order valence-corrected chi connectivity index (χ3v) is 4.65. The fourth-order valence-corrected chi connectivity index (χ4v) is 3.10. The SMILES string of the molecule is C[C@H](CC(Cc1ccc(-c2ccccc2)cc1)NC(=O)c1n[nH]c(=O)[nH]1)C(=O)O. The van der Waals surface area contributed by atoms with E-state index < -0.39 is 29.5 Å². The van der Waals surface area contributed by atoms with E-state index in [1.165, 1.54) is 0 Å². The molecule has 0 bridgehead atoms. The second-order valence-electron chi connectivity index (χ2n) is 6.94. The second-order valence-corrected chi connectivity index (χ2v) is 6.94. The Morgan fingerprint density at radius 3 is 2.31 bits per heavy atom. The highest BCUT2D eigenvalue weighted by atomic mass is 16.4. The van der Waals surface area contributed by atoms with E-state index in [1.54, 1.807) is 6.92 Å². The summed E-state index contributed by atoms with van der Waals surface area (Å²) in [5, 5.41) is 17.8. The molecule has 1 amide bonds. The molecule has 1 heterocycles. The van der Waals surface area contributed by atoms with Crippen LogP contribution in [0.3, 0.4) is 0 Å². The molecule has 1 unspecified atom stereocenters. The Morgan fingerprint density at radius 1 is 1.07 bits per heavy atom. The number of aliphatic carboxylic acids is 1. The Hall–Kier alpha value is -3.68. The number of carboxylic acid groups (broad SMARTS) is 1. The van der Waals surface area contributed by atoms with Gasteiger partial charge in [-0.05, 0) is 29.5 Å². The molecule has 4 N–H and O–H groups in total. The van der Waals surface area contributed by atoms with Crippen LogP contribution in [0.5, 0.6) is 0 Å². The molecule has 2 aromatic carbocycles. The summed E-state index contributed by atoms with van der Waals surface area (Å²) in [6.07, 6.45) is 0.698. The number of carbonyl (C=O) groups is 2. The molecule has 1 aromatic heterocycles. The molecule has 3 rings (SSSR count). The molecular weight excluding hydrogens is 372 g/mol. The minimum absolute atomic E-state index is 0.137. The number of aromatic amines is 2. The Balaban J connectivity index is 1.74. The van der Waals surface area contributed by atoms with Gasteiger partial charge in [0.15, 0.2) is 0 Å². The van der Waals surface area contributed by atoms with Crippen molar-refractivity contribution < 1.29 is 14.7 Å². The number of benzene rings is 2. The topological polar surface area (TPSA) is 128 Å². The number of carbonyl (C=O) groups excluding carboxylic acids is 1. The molecule has 8 heteroatoms. The van der Waals surface area contributed by atoms with Gasteiger partial charge in [-0.15, -0.1) is 5.10 Å². The van der Waals surface area contributed by atoms with Crippen molar-refractivity contribution in [3.05, 3.63) is 76.5 Å². The van der Waals surface area contributed by atoms with Gasteiger partial charge in [-0.1, -0.05) is 61.5 Å². The van der Waals surface area contributed by atoms with E-state index >= 15 is 0 Å². The van der Waals surface area contributed by atoms with E-state index in [2.05, 4.69) is 20.5 Å². The Kier molecular flexibility index (Phi) is 6.23. The van der Waals surface area contributed by atoms with Gasteiger partial charge in [0.2, 0.25) is 5.82 Å². The molecule has 8 nitrogen and oxygen atoms in total. The lowest BCUT2D eigenvalue weighted by Gasteiger charge is -2.20. The van der Waals surface area contributed by atoms with Crippen LogP contribution in [-0.4, -0.2) is 38.2 Å². The van der Waals surface area contributed by atoms with Crippen molar-refractivity contribution in [2.45, 2.75) is 25.8 Å². The molecule has 0 saturated heterocycles. The van der Waals surface area contributed by atoms with Crippen LogP contribution in [-0.2, 0) is 11.2 Å². The zero-order valence-electron chi connectivity index (χ0n) is 15.9. The van der Waals surface area contributed by atoms with E-state index in [9.17, 15) is 19.5 Å². The number of H-pyrrole nitrogens is 2. The first kappa shape index (κ1) is 20.1. The maximum absolute atomic E-state index is 12.3. The highest BCUT2D eigenvalue weighted by Gasteiger charge is 2.22. The smallest absolute Gasteiger partial charge is 0.341 e. The Labute approximate surface area is 167 Å². The fraction of sp³-hybridized carbons (Fsp3) is 0.238. The largest absolute Gasteiger partial charge is 0.481 e. The third-order valence-electron chi connectivity index (χ3n) is 4.65. The number of nitrogens with one attached hydrogen (secondary N) is 3. The molecular formula is C21H22N4O4. The molecule has 0 radical (unpaired) electrons. The van der Waals surface area contributed by atoms with E-state index in [-0.39, 0.29) is 12.2 Å². The van der Waals surface area contributed by atoms with Crippen LogP contribution in [0, 0.1) is 5.92 Å². The number of aromatic nitrogens is 3. The number of rotatable bonds is 8. The van der Waals surface area contributed by atoms with E-state index in [0.717, 1.165) is 16.7 Å². The van der Waals surface area contributed by atoms with E-state index in [4.69, 9.17) is 0 Å². The average molecular weight is 394 g/mol. The van der Waals surface area contributed by atoms with Crippen molar-refractivity contribution in [3.8, 4) is 11.1 Å². The van der Waals surface area contributed by atoms with Crippen molar-refractivity contribution in [3.63, 3.8) is 0 Å². The van der Waals surface area contributed by atoms with Crippen LogP contribution in [0.15, 0.2) is 59.4 Å². The highest BCUT2D eigenvalue weighted by molar-refractivity contribution is 5.90. The van der Waals surface area contributed by atoms with Gasteiger partial charge in [-0.2, -0.15) is 0 Å². The van der Waals surface area contributed by atoms with Crippen molar-refractivity contribution in [1.82, 2.24) is 20.5 Å². The fourth-order valence-electron chi connectivity index (χ4n) is 3.10. The van der Waals surface area contributed by atoms with Crippen molar-refractivity contribution in [1.29, 1.82) is 0 Å². The van der Waals surface area contributed by atoms with Gasteiger partial charge in [0.1, 0.15) is 0 Å². The first-order chi connectivity index (χ1) is 13.9. The first-order valence-electron chi connectivity index (χ1n) is 9.25. The summed E-state index contributed by atoms with van der Waals surface area (Å²) in [5.74, 6) is -2.27. The summed E-state index contributed by atoms with van der Waals surface area (Å²) in [7, 11) is 0. The van der Waals surface area contributed by atoms with Gasteiger partial charge in [0.25, 0.3) is 5.91 Å². The number of nitrogens with zero attached hydrogens (tertiary/aromatic N) is 1. The van der Waals surface area contributed by atoms with Gasteiger partial charge >= 0.3 is 11.7 Å². The molecule has 0 fully saturated rings. The summed E-state index contributed by atoms with van der Waals surface area (Å²) in [5.41, 5.74) is 2.55. The summed E-state index contributed by atoms with van der Waals surface area (Å²) >= 11 is 0. The van der Waals surface area contributed by atoms with Gasteiger partial charge in [0, 0.05) is 6.04 Å². The minimum atomic E-state index is -0.933. The predicted octanol–water partition coefficient (Wildman–Crippen LogP) is 2.22. The maximum atomic E-state index is 12.3. The lowest BCUT2D eigenvalue weighted by atomic mass is 9.95. The number of hydrogen-bond acceptors (Lipinski definition) is 4. The molecule has 2 atom stereocenters. The standard InChI is InChI=1S/C21H22N4O4/c1-13(20(27)28)11-17(22-19(26)18-23-21(29)25-24-18)12-14-7-9-16(10-8-14)15-5-3-2-4-6-15/h2-10,13,17H,11-12H2,1H3,(H,22,26)(H,27,28)(H2,23,24,25,29)/t13-,17?/m1/s1. The summed E-state index contributed by atoms with van der Waals surface area (Å²) in [6, 6.07) is 17.4. The summed E-state index contributed by atoms with van der Waals surface area (Å²) < 4.78 is 0. The van der Waals surface area contributed by atoms with Crippen LogP contribution < -0.4 is 11.0 Å². The van der Waals surface area contributed by atoms with Gasteiger partial charge in [-0.25, -0.2) is 9.89 Å². The lowest BCUT2D eigenvalue weighted by molar-refractivity contribution is -0.141. The normalized spacial score (nSPS) is 12.9. The van der Waals surface area contributed by atoms with E-state index in [0.29, 0.717) is 6.42 Å². The number of hydrogen-bond donors (Lipinski definition) is 4. The summed E-state index contributed by atoms with van der Waals surface area (Å²) in [6.45, 7) is 1.59. The van der Waals surface area contributed by atoms with Crippen LogP contribution in [0.1, 0.15) is 29.5 Å². The molecule has 0 saturated carbocycles. The molecule has 0 spiro atoms. The number of amides is 1. The van der Waals surface area contributed by atoms with Crippen LogP contribution >= 0.6 is 0 Å². The maximum Gasteiger partial charge on any atom is 0.341 e. The molecule has 0 aliphatic rings. The van der Waals surface area contributed by atoms with Gasteiger partial charge in [0.05, 0.1) is 5.92 Å². The van der Waals surface area contributed by atoms with Crippen molar-refractivity contribution >= 4 is 11.9 Å². The quantitative estimate of drug-likeness (QED) is 0.466. The van der Waals surface area contributed by atoms with Gasteiger partial charge < -0.3 is 10.4 Å². The minimum Gasteiger partial charge on any atom is -0.481 e. The zero-order valence-corrected chi connectivity index (χ0v) is 15.9. The summed E-state index contributed by atoms with van der Waals surface area (Å²) in [4.78, 5) is 37.1. The van der Waals surface area contributed by atoms with Gasteiger partial charge in [-0.3, -0.25) is 14.6 Å². The third kappa shape index (κ3) is 5.41. The molecule has 150 valence electrons. The van der Waals surface area contributed by atoms with Crippen molar-refractivity contribution in [2.75, 3.05) is 0 Å². The van der Waals surface area contributed by atoms with Crippen LogP contribution in [0.2, 0.25) is 0 Å². The average Bonchev–Trinajstić information content (AvgIpc) is 3.15. The lowest BCUT2D eigenvalue weighted by Crippen LogP contribution is -2.39. The second kappa shape index (κ2) is 9.01. The number of carboxylic acids is 1. The highest BCUT2D eigenvalue weighted by Crippen LogP contribution is 2.20.